The number of rotatable bonds is 5. The highest BCUT2D eigenvalue weighted by atomic mass is 16.4. The van der Waals surface area contributed by atoms with Crippen LogP contribution in [-0.4, -0.2) is 35.0 Å². The molecule has 0 heterocycles. The molecule has 0 bridgehead atoms. The molecule has 1 aliphatic carbocycles. The predicted octanol–water partition coefficient (Wildman–Crippen LogP) is 0.886. The first kappa shape index (κ1) is 10.8. The lowest BCUT2D eigenvalue weighted by Gasteiger charge is -2.18. The topological polar surface area (TPSA) is 57.6 Å². The number of allylic oxidation sites excluding steroid dienone is 1. The fourth-order valence-corrected chi connectivity index (χ4v) is 1.26. The zero-order valence-electron chi connectivity index (χ0n) is 8.27. The molecule has 78 valence electrons. The van der Waals surface area contributed by atoms with Crippen molar-refractivity contribution in [2.75, 3.05) is 13.1 Å². The van der Waals surface area contributed by atoms with Gasteiger partial charge in [0, 0.05) is 6.54 Å². The minimum atomic E-state index is -0.955. The van der Waals surface area contributed by atoms with Crippen molar-refractivity contribution < 1.29 is 14.7 Å². The van der Waals surface area contributed by atoms with Gasteiger partial charge in [-0.25, -0.2) is 0 Å². The van der Waals surface area contributed by atoms with Crippen LogP contribution in [0.15, 0.2) is 12.2 Å². The summed E-state index contributed by atoms with van der Waals surface area (Å²) in [7, 11) is 0. The van der Waals surface area contributed by atoms with E-state index >= 15 is 0 Å². The number of aliphatic carboxylic acids is 1. The van der Waals surface area contributed by atoms with Crippen LogP contribution >= 0.6 is 0 Å². The van der Waals surface area contributed by atoms with Crippen LogP contribution < -0.4 is 0 Å². The number of carboxylic acids is 1. The third-order valence-corrected chi connectivity index (χ3v) is 2.12. The Labute approximate surface area is 83.2 Å². The van der Waals surface area contributed by atoms with Crippen molar-refractivity contribution >= 4 is 11.9 Å². The third kappa shape index (κ3) is 3.60. The number of nitrogens with zero attached hydrogens (tertiary/aromatic N) is 1. The van der Waals surface area contributed by atoms with Gasteiger partial charge in [0.1, 0.15) is 6.54 Å². The van der Waals surface area contributed by atoms with Gasteiger partial charge in [0.15, 0.2) is 0 Å². The summed E-state index contributed by atoms with van der Waals surface area (Å²) >= 11 is 0. The molecule has 0 spiro atoms. The van der Waals surface area contributed by atoms with Gasteiger partial charge in [-0.05, 0) is 31.8 Å². The zero-order chi connectivity index (χ0) is 10.6. The summed E-state index contributed by atoms with van der Waals surface area (Å²) in [4.78, 5) is 23.3. The molecule has 0 aromatic heterocycles. The molecule has 1 rings (SSSR count). The van der Waals surface area contributed by atoms with Gasteiger partial charge in [-0.1, -0.05) is 6.08 Å². The minimum absolute atomic E-state index is 0.195. The summed E-state index contributed by atoms with van der Waals surface area (Å²) in [6.07, 6.45) is 5.26. The average molecular weight is 197 g/mol. The highest BCUT2D eigenvalue weighted by Crippen LogP contribution is 2.29. The molecule has 1 aliphatic rings. The Kier molecular flexibility index (Phi) is 3.68. The lowest BCUT2D eigenvalue weighted by atomic mass is 10.3. The number of hydrogen-bond acceptors (Lipinski definition) is 2. The van der Waals surface area contributed by atoms with Gasteiger partial charge in [0.25, 0.3) is 0 Å². The summed E-state index contributed by atoms with van der Waals surface area (Å²) in [5, 5.41) is 8.62. The SMILES string of the molecule is C/C=C/C(=O)N(CC(=O)O)CC1CC1. The van der Waals surface area contributed by atoms with Crippen molar-refractivity contribution in [1.82, 2.24) is 4.90 Å². The first-order valence-electron chi connectivity index (χ1n) is 4.77. The molecule has 1 N–H and O–H groups in total. The molecule has 4 nitrogen and oxygen atoms in total. The van der Waals surface area contributed by atoms with Crippen LogP contribution in [0.2, 0.25) is 0 Å². The molecule has 0 atom stereocenters. The minimum Gasteiger partial charge on any atom is -0.480 e. The van der Waals surface area contributed by atoms with Gasteiger partial charge < -0.3 is 10.0 Å². The molecule has 0 saturated heterocycles. The molecular formula is C10H15NO3. The number of hydrogen-bond donors (Lipinski definition) is 1. The van der Waals surface area contributed by atoms with Gasteiger partial charge in [0.2, 0.25) is 5.91 Å². The molecule has 1 saturated carbocycles. The van der Waals surface area contributed by atoms with Crippen LogP contribution in [0, 0.1) is 5.92 Å². The lowest BCUT2D eigenvalue weighted by molar-refractivity contribution is -0.142. The van der Waals surface area contributed by atoms with Crippen LogP contribution in [0.3, 0.4) is 0 Å². The van der Waals surface area contributed by atoms with Gasteiger partial charge in [0.05, 0.1) is 0 Å². The van der Waals surface area contributed by atoms with Gasteiger partial charge in [-0.3, -0.25) is 9.59 Å². The molecule has 0 aromatic rings. The molecule has 1 amide bonds. The van der Waals surface area contributed by atoms with Crippen molar-refractivity contribution in [2.24, 2.45) is 5.92 Å². The first-order valence-corrected chi connectivity index (χ1v) is 4.77. The number of carboxylic acid groups (broad SMARTS) is 1. The summed E-state index contributed by atoms with van der Waals surface area (Å²) in [5.74, 6) is -0.645. The zero-order valence-corrected chi connectivity index (χ0v) is 8.27. The van der Waals surface area contributed by atoms with Crippen molar-refractivity contribution in [3.05, 3.63) is 12.2 Å². The van der Waals surface area contributed by atoms with Gasteiger partial charge in [-0.15, -0.1) is 0 Å². The Balaban J connectivity index is 2.49. The van der Waals surface area contributed by atoms with E-state index in [1.54, 1.807) is 13.0 Å². The second-order valence-electron chi connectivity index (χ2n) is 3.56. The van der Waals surface area contributed by atoms with Crippen molar-refractivity contribution in [3.63, 3.8) is 0 Å². The van der Waals surface area contributed by atoms with Crippen LogP contribution in [0.4, 0.5) is 0 Å². The van der Waals surface area contributed by atoms with Crippen molar-refractivity contribution in [2.45, 2.75) is 19.8 Å². The van der Waals surface area contributed by atoms with E-state index in [2.05, 4.69) is 0 Å². The molecular weight excluding hydrogens is 182 g/mol. The molecule has 0 radical (unpaired) electrons. The monoisotopic (exact) mass is 197 g/mol. The normalized spacial score (nSPS) is 15.8. The van der Waals surface area contributed by atoms with Crippen molar-refractivity contribution in [1.29, 1.82) is 0 Å². The molecule has 0 unspecified atom stereocenters. The third-order valence-electron chi connectivity index (χ3n) is 2.12. The highest BCUT2D eigenvalue weighted by Gasteiger charge is 2.26. The Bertz CT molecular complexity index is 256. The van der Waals surface area contributed by atoms with Crippen molar-refractivity contribution in [3.8, 4) is 0 Å². The Morgan fingerprint density at radius 3 is 2.57 bits per heavy atom. The number of carbonyl (C=O) groups excluding carboxylic acids is 1. The summed E-state index contributed by atoms with van der Waals surface area (Å²) < 4.78 is 0. The Morgan fingerprint density at radius 1 is 1.50 bits per heavy atom. The fourth-order valence-electron chi connectivity index (χ4n) is 1.26. The van der Waals surface area contributed by atoms with Crippen LogP contribution in [0.25, 0.3) is 0 Å². The van der Waals surface area contributed by atoms with Crippen LogP contribution in [0.1, 0.15) is 19.8 Å². The molecule has 4 heteroatoms. The lowest BCUT2D eigenvalue weighted by Crippen LogP contribution is -2.36. The second kappa shape index (κ2) is 4.79. The van der Waals surface area contributed by atoms with E-state index in [4.69, 9.17) is 5.11 Å². The molecule has 1 fully saturated rings. The van der Waals surface area contributed by atoms with E-state index < -0.39 is 5.97 Å². The van der Waals surface area contributed by atoms with Gasteiger partial charge in [-0.2, -0.15) is 0 Å². The van der Waals surface area contributed by atoms with E-state index in [9.17, 15) is 9.59 Å². The largest absolute Gasteiger partial charge is 0.480 e. The smallest absolute Gasteiger partial charge is 0.323 e. The standard InChI is InChI=1S/C10H15NO3/c1-2-3-9(12)11(7-10(13)14)6-8-4-5-8/h2-3,8H,4-7H2,1H3,(H,13,14)/b3-2+. The summed E-state index contributed by atoms with van der Waals surface area (Å²) in [5.41, 5.74) is 0. The summed E-state index contributed by atoms with van der Waals surface area (Å²) in [6, 6.07) is 0. The summed E-state index contributed by atoms with van der Waals surface area (Å²) in [6.45, 7) is 2.13. The van der Waals surface area contributed by atoms with E-state index in [0.717, 1.165) is 12.8 Å². The highest BCUT2D eigenvalue weighted by molar-refractivity contribution is 5.89. The first-order chi connectivity index (χ1) is 6.63. The molecule has 0 aliphatic heterocycles. The molecule has 0 aromatic carbocycles. The average Bonchev–Trinajstić information content (AvgIpc) is 2.86. The van der Waals surface area contributed by atoms with E-state index in [0.29, 0.717) is 12.5 Å². The van der Waals surface area contributed by atoms with E-state index in [-0.39, 0.29) is 12.5 Å². The number of carbonyl (C=O) groups is 2. The number of amides is 1. The Morgan fingerprint density at radius 2 is 2.14 bits per heavy atom. The fraction of sp³-hybridized carbons (Fsp3) is 0.600. The molecule has 14 heavy (non-hydrogen) atoms. The maximum Gasteiger partial charge on any atom is 0.323 e. The van der Waals surface area contributed by atoms with E-state index in [1.807, 2.05) is 0 Å². The van der Waals surface area contributed by atoms with Crippen LogP contribution in [-0.2, 0) is 9.59 Å². The van der Waals surface area contributed by atoms with E-state index in [1.165, 1.54) is 11.0 Å². The Hall–Kier alpha value is -1.32. The maximum atomic E-state index is 11.4. The quantitative estimate of drug-likeness (QED) is 0.666. The van der Waals surface area contributed by atoms with Crippen LogP contribution in [0.5, 0.6) is 0 Å². The van der Waals surface area contributed by atoms with Gasteiger partial charge >= 0.3 is 5.97 Å². The predicted molar refractivity (Wildman–Crippen MR) is 51.8 cm³/mol. The maximum absolute atomic E-state index is 11.4. The second-order valence-corrected chi connectivity index (χ2v) is 3.56.